The topological polar surface area (TPSA) is 83.4 Å². The van der Waals surface area contributed by atoms with E-state index in [9.17, 15) is 14.0 Å². The number of benzene rings is 3. The molecule has 0 aliphatic carbocycles. The lowest BCUT2D eigenvalue weighted by molar-refractivity contribution is -0.121. The molecule has 3 aromatic rings. The van der Waals surface area contributed by atoms with Crippen LogP contribution in [0.4, 0.5) is 10.1 Å². The zero-order valence-electron chi connectivity index (χ0n) is 19.7. The number of anilines is 1. The number of hydrazone groups is 1. The largest absolute Gasteiger partial charge is 0.497 e. The molecule has 0 unspecified atom stereocenters. The van der Waals surface area contributed by atoms with Crippen LogP contribution in [-0.2, 0) is 9.59 Å². The molecule has 37 heavy (non-hydrogen) atoms. The van der Waals surface area contributed by atoms with E-state index in [2.05, 4.69) is 10.3 Å². The molecule has 0 radical (unpaired) electrons. The van der Waals surface area contributed by atoms with Gasteiger partial charge in [-0.2, -0.15) is 10.1 Å². The van der Waals surface area contributed by atoms with Crippen LogP contribution < -0.4 is 10.1 Å². The summed E-state index contributed by atoms with van der Waals surface area (Å²) in [6.07, 6.45) is 0.475. The highest BCUT2D eigenvalue weighted by molar-refractivity contribution is 8.15. The van der Waals surface area contributed by atoms with E-state index in [4.69, 9.17) is 21.4 Å². The van der Waals surface area contributed by atoms with Gasteiger partial charge >= 0.3 is 0 Å². The van der Waals surface area contributed by atoms with Crippen molar-refractivity contribution in [1.82, 2.24) is 5.01 Å². The van der Waals surface area contributed by atoms with Gasteiger partial charge in [-0.05, 0) is 65.7 Å². The Bertz CT molecular complexity index is 1410. The number of hydrogen-bond acceptors (Lipinski definition) is 6. The third-order valence-electron chi connectivity index (χ3n) is 5.97. The predicted molar refractivity (Wildman–Crippen MR) is 144 cm³/mol. The van der Waals surface area contributed by atoms with E-state index >= 15 is 0 Å². The Hall–Kier alpha value is -3.69. The Morgan fingerprint density at radius 3 is 2.68 bits per heavy atom. The van der Waals surface area contributed by atoms with Gasteiger partial charge in [0.2, 0.25) is 5.91 Å². The van der Waals surface area contributed by atoms with Crippen molar-refractivity contribution in [1.29, 1.82) is 0 Å². The zero-order chi connectivity index (χ0) is 25.9. The lowest BCUT2D eigenvalue weighted by atomic mass is 9.98. The fourth-order valence-electron chi connectivity index (χ4n) is 4.17. The van der Waals surface area contributed by atoms with Gasteiger partial charge in [0.05, 0.1) is 18.9 Å². The standard InChI is InChI=1S/C27H22ClFN4O3S/c1-36-21-10-8-16(9-11-21)22-14-23(17-4-2-5-18(28)12-17)33(32-22)27-31-26(35)24(37-27)15-25(34)30-20-7-3-6-19(29)13-20/h2-13,23-24H,14-15H2,1H3,(H,30,34)/t23-,24+/m0/s1. The van der Waals surface area contributed by atoms with Crippen LogP contribution in [0.5, 0.6) is 5.75 Å². The fourth-order valence-corrected chi connectivity index (χ4v) is 5.43. The number of methoxy groups -OCH3 is 1. The first kappa shape index (κ1) is 25.0. The maximum atomic E-state index is 13.4. The van der Waals surface area contributed by atoms with Crippen molar-refractivity contribution in [3.8, 4) is 5.75 Å². The number of rotatable bonds is 6. The van der Waals surface area contributed by atoms with Crippen molar-refractivity contribution in [2.45, 2.75) is 24.1 Å². The lowest BCUT2D eigenvalue weighted by Crippen LogP contribution is -2.25. The van der Waals surface area contributed by atoms with Crippen molar-refractivity contribution in [2.24, 2.45) is 10.1 Å². The van der Waals surface area contributed by atoms with Crippen molar-refractivity contribution >= 4 is 51.7 Å². The molecule has 3 aromatic carbocycles. The molecule has 5 rings (SSSR count). The molecule has 0 fully saturated rings. The summed E-state index contributed by atoms with van der Waals surface area (Å²) in [5.41, 5.74) is 3.02. The number of thioether (sulfide) groups is 1. The highest BCUT2D eigenvalue weighted by Gasteiger charge is 2.39. The second-order valence-electron chi connectivity index (χ2n) is 8.50. The predicted octanol–water partition coefficient (Wildman–Crippen LogP) is 5.67. The Labute approximate surface area is 222 Å². The number of carbonyl (C=O) groups excluding carboxylic acids is 2. The molecule has 2 heterocycles. The highest BCUT2D eigenvalue weighted by Crippen LogP contribution is 2.39. The summed E-state index contributed by atoms with van der Waals surface area (Å²) in [7, 11) is 1.61. The summed E-state index contributed by atoms with van der Waals surface area (Å²) in [5, 5.41) is 9.51. The van der Waals surface area contributed by atoms with E-state index < -0.39 is 22.9 Å². The maximum Gasteiger partial charge on any atom is 0.262 e. The molecule has 0 aromatic heterocycles. The third-order valence-corrected chi connectivity index (χ3v) is 7.35. The number of ether oxygens (including phenoxy) is 1. The van der Waals surface area contributed by atoms with Crippen molar-refractivity contribution < 1.29 is 18.7 Å². The first-order valence-corrected chi connectivity index (χ1v) is 12.8. The number of hydrogen-bond donors (Lipinski definition) is 1. The maximum absolute atomic E-state index is 13.4. The van der Waals surface area contributed by atoms with E-state index in [0.717, 1.165) is 22.6 Å². The van der Waals surface area contributed by atoms with Gasteiger partial charge in [-0.15, -0.1) is 0 Å². The monoisotopic (exact) mass is 536 g/mol. The SMILES string of the molecule is COc1ccc(C2=NN(C3=NC(=O)[C@@H](CC(=O)Nc4cccc(F)c4)S3)[C@H](c3cccc(Cl)c3)C2)cc1. The first-order chi connectivity index (χ1) is 17.9. The smallest absolute Gasteiger partial charge is 0.262 e. The van der Waals surface area contributed by atoms with Crippen molar-refractivity contribution in [3.05, 3.63) is 94.8 Å². The van der Waals surface area contributed by atoms with Gasteiger partial charge in [-0.25, -0.2) is 9.40 Å². The number of nitrogens with one attached hydrogen (secondary N) is 1. The van der Waals surface area contributed by atoms with Crippen LogP contribution >= 0.6 is 23.4 Å². The molecule has 2 aliphatic heterocycles. The van der Waals surface area contributed by atoms with E-state index in [1.807, 2.05) is 42.5 Å². The molecule has 0 bridgehead atoms. The number of aliphatic imine (C=N–C) groups is 1. The summed E-state index contributed by atoms with van der Waals surface area (Å²) in [6, 6.07) is 20.5. The van der Waals surface area contributed by atoms with Gasteiger partial charge in [0, 0.05) is 23.6 Å². The van der Waals surface area contributed by atoms with Gasteiger partial charge in [0.15, 0.2) is 5.17 Å². The van der Waals surface area contributed by atoms with Crippen LogP contribution in [0.15, 0.2) is 82.9 Å². The summed E-state index contributed by atoms with van der Waals surface area (Å²) >= 11 is 7.47. The molecule has 7 nitrogen and oxygen atoms in total. The van der Waals surface area contributed by atoms with Crippen LogP contribution in [0.3, 0.4) is 0 Å². The van der Waals surface area contributed by atoms with Crippen LogP contribution in [0.1, 0.15) is 30.0 Å². The summed E-state index contributed by atoms with van der Waals surface area (Å²) in [4.78, 5) is 29.5. The highest BCUT2D eigenvalue weighted by atomic mass is 35.5. The molecule has 10 heteroatoms. The molecular formula is C27H22ClFN4O3S. The molecule has 188 valence electrons. The molecule has 2 atom stereocenters. The number of nitrogens with zero attached hydrogens (tertiary/aromatic N) is 3. The van der Waals surface area contributed by atoms with Gasteiger partial charge in [0.25, 0.3) is 5.91 Å². The Kier molecular flexibility index (Phi) is 7.25. The first-order valence-electron chi connectivity index (χ1n) is 11.5. The minimum atomic E-state index is -0.705. The average Bonchev–Trinajstić information content (AvgIpc) is 3.48. The minimum Gasteiger partial charge on any atom is -0.497 e. The van der Waals surface area contributed by atoms with Crippen LogP contribution in [-0.4, -0.2) is 40.1 Å². The Balaban J connectivity index is 1.36. The van der Waals surface area contributed by atoms with Gasteiger partial charge < -0.3 is 10.1 Å². The fraction of sp³-hybridized carbons (Fsp3) is 0.185. The molecule has 2 aliphatic rings. The van der Waals surface area contributed by atoms with E-state index in [-0.39, 0.29) is 12.5 Å². The zero-order valence-corrected chi connectivity index (χ0v) is 21.3. The summed E-state index contributed by atoms with van der Waals surface area (Å²) < 4.78 is 18.7. The molecular weight excluding hydrogens is 515 g/mol. The Morgan fingerprint density at radius 1 is 1.16 bits per heavy atom. The van der Waals surface area contributed by atoms with E-state index in [0.29, 0.717) is 22.3 Å². The van der Waals surface area contributed by atoms with Crippen LogP contribution in [0, 0.1) is 5.82 Å². The second-order valence-corrected chi connectivity index (χ2v) is 10.1. The average molecular weight is 537 g/mol. The molecule has 0 saturated heterocycles. The minimum absolute atomic E-state index is 0.0995. The number of carbonyl (C=O) groups is 2. The van der Waals surface area contributed by atoms with Gasteiger partial charge in [-0.3, -0.25) is 9.59 Å². The molecule has 0 spiro atoms. The molecule has 2 amide bonds. The van der Waals surface area contributed by atoms with Crippen LogP contribution in [0.25, 0.3) is 0 Å². The lowest BCUT2D eigenvalue weighted by Gasteiger charge is -2.23. The van der Waals surface area contributed by atoms with Crippen molar-refractivity contribution in [3.63, 3.8) is 0 Å². The van der Waals surface area contributed by atoms with Gasteiger partial charge in [0.1, 0.15) is 16.8 Å². The number of amidine groups is 1. The second kappa shape index (κ2) is 10.7. The van der Waals surface area contributed by atoms with E-state index in [1.54, 1.807) is 24.3 Å². The molecule has 1 N–H and O–H groups in total. The Morgan fingerprint density at radius 2 is 1.95 bits per heavy atom. The quantitative estimate of drug-likeness (QED) is 0.439. The number of amides is 2. The van der Waals surface area contributed by atoms with Crippen LogP contribution in [0.2, 0.25) is 5.02 Å². The summed E-state index contributed by atoms with van der Waals surface area (Å²) in [6.45, 7) is 0. The molecule has 0 saturated carbocycles. The summed E-state index contributed by atoms with van der Waals surface area (Å²) in [5.74, 6) is -0.525. The normalized spacial score (nSPS) is 19.0. The van der Waals surface area contributed by atoms with E-state index in [1.165, 1.54) is 30.0 Å². The van der Waals surface area contributed by atoms with Gasteiger partial charge in [-0.1, -0.05) is 41.6 Å². The third kappa shape index (κ3) is 5.68. The van der Waals surface area contributed by atoms with Crippen molar-refractivity contribution in [2.75, 3.05) is 12.4 Å². The number of halogens is 2.